The zero-order chi connectivity index (χ0) is 14.3. The predicted molar refractivity (Wildman–Crippen MR) is 80.2 cm³/mol. The maximum absolute atomic E-state index is 12.0. The third-order valence-electron chi connectivity index (χ3n) is 4.11. The molecule has 2 N–H and O–H groups in total. The molecule has 1 amide bonds. The number of hydrogen-bond donors (Lipinski definition) is 2. The highest BCUT2D eigenvalue weighted by molar-refractivity contribution is 5.78. The van der Waals surface area contributed by atoms with E-state index in [1.165, 1.54) is 0 Å². The Morgan fingerprint density at radius 3 is 2.79 bits per heavy atom. The van der Waals surface area contributed by atoms with Gasteiger partial charge in [-0.2, -0.15) is 0 Å². The average Bonchev–Trinajstić information content (AvgIpc) is 2.37. The summed E-state index contributed by atoms with van der Waals surface area (Å²) in [6, 6.07) is 1.08. The maximum atomic E-state index is 12.0. The van der Waals surface area contributed by atoms with Crippen molar-refractivity contribution in [3.05, 3.63) is 0 Å². The van der Waals surface area contributed by atoms with Gasteiger partial charge >= 0.3 is 0 Å². The Balaban J connectivity index is 2.07. The lowest BCUT2D eigenvalue weighted by Gasteiger charge is -2.27. The van der Waals surface area contributed by atoms with Crippen LogP contribution in [-0.2, 0) is 4.79 Å². The zero-order valence-electron chi connectivity index (χ0n) is 13.0. The smallest absolute Gasteiger partial charge is 0.223 e. The van der Waals surface area contributed by atoms with Crippen LogP contribution in [0.25, 0.3) is 0 Å². The SMILES string of the molecule is CC1CC(C(=O)NCCCCN(C)C(C)C)CCN1. The van der Waals surface area contributed by atoms with Crippen molar-refractivity contribution in [2.24, 2.45) is 5.92 Å². The van der Waals surface area contributed by atoms with Gasteiger partial charge in [0.1, 0.15) is 0 Å². The fourth-order valence-corrected chi connectivity index (χ4v) is 2.47. The van der Waals surface area contributed by atoms with Crippen LogP contribution in [0, 0.1) is 5.92 Å². The number of amides is 1. The van der Waals surface area contributed by atoms with E-state index in [-0.39, 0.29) is 11.8 Å². The third kappa shape index (κ3) is 6.39. The lowest BCUT2D eigenvalue weighted by atomic mass is 9.92. The number of nitrogens with one attached hydrogen (secondary N) is 2. The van der Waals surface area contributed by atoms with Crippen molar-refractivity contribution in [1.29, 1.82) is 0 Å². The van der Waals surface area contributed by atoms with Crippen molar-refractivity contribution in [2.45, 2.75) is 58.5 Å². The van der Waals surface area contributed by atoms with Gasteiger partial charge < -0.3 is 15.5 Å². The minimum Gasteiger partial charge on any atom is -0.356 e. The highest BCUT2D eigenvalue weighted by Crippen LogP contribution is 2.15. The molecule has 0 saturated carbocycles. The molecule has 1 saturated heterocycles. The van der Waals surface area contributed by atoms with Gasteiger partial charge in [0.15, 0.2) is 0 Å². The highest BCUT2D eigenvalue weighted by Gasteiger charge is 2.24. The molecule has 1 fully saturated rings. The van der Waals surface area contributed by atoms with Crippen LogP contribution in [0.3, 0.4) is 0 Å². The molecule has 0 aromatic carbocycles. The first-order valence-corrected chi connectivity index (χ1v) is 7.72. The number of carbonyl (C=O) groups excluding carboxylic acids is 1. The first kappa shape index (κ1) is 16.4. The average molecular weight is 269 g/mol. The minimum absolute atomic E-state index is 0.217. The number of carbonyl (C=O) groups is 1. The van der Waals surface area contributed by atoms with Gasteiger partial charge in [-0.05, 0) is 66.6 Å². The van der Waals surface area contributed by atoms with Crippen LogP contribution in [0.1, 0.15) is 46.5 Å². The van der Waals surface area contributed by atoms with Gasteiger partial charge in [0.25, 0.3) is 0 Å². The lowest BCUT2D eigenvalue weighted by molar-refractivity contribution is -0.126. The second-order valence-electron chi connectivity index (χ2n) is 6.15. The summed E-state index contributed by atoms with van der Waals surface area (Å²) in [6.07, 6.45) is 4.18. The standard InChI is InChI=1S/C15H31N3O/c1-12(2)18(4)10-6-5-8-17-15(19)14-7-9-16-13(3)11-14/h12-14,16H,5-11H2,1-4H3,(H,17,19). The molecule has 0 aromatic heterocycles. The maximum Gasteiger partial charge on any atom is 0.223 e. The molecule has 2 atom stereocenters. The first-order valence-electron chi connectivity index (χ1n) is 7.72. The molecule has 4 heteroatoms. The Kier molecular flexibility index (Phi) is 7.39. The van der Waals surface area contributed by atoms with E-state index in [2.05, 4.69) is 43.4 Å². The molecule has 1 aliphatic heterocycles. The summed E-state index contributed by atoms with van der Waals surface area (Å²) in [6.45, 7) is 9.47. The third-order valence-corrected chi connectivity index (χ3v) is 4.11. The first-order chi connectivity index (χ1) is 9.00. The van der Waals surface area contributed by atoms with Crippen LogP contribution in [0.5, 0.6) is 0 Å². The van der Waals surface area contributed by atoms with Crippen LogP contribution in [-0.4, -0.2) is 49.6 Å². The van der Waals surface area contributed by atoms with Crippen molar-refractivity contribution in [1.82, 2.24) is 15.5 Å². The van der Waals surface area contributed by atoms with E-state index < -0.39 is 0 Å². The van der Waals surface area contributed by atoms with Crippen molar-refractivity contribution in [2.75, 3.05) is 26.7 Å². The van der Waals surface area contributed by atoms with Gasteiger partial charge in [0.2, 0.25) is 5.91 Å². The largest absolute Gasteiger partial charge is 0.356 e. The van der Waals surface area contributed by atoms with E-state index in [9.17, 15) is 4.79 Å². The second kappa shape index (κ2) is 8.54. The molecule has 0 bridgehead atoms. The molecule has 1 heterocycles. The number of piperidine rings is 1. The van der Waals surface area contributed by atoms with Gasteiger partial charge in [-0.15, -0.1) is 0 Å². The quantitative estimate of drug-likeness (QED) is 0.690. The Morgan fingerprint density at radius 2 is 2.16 bits per heavy atom. The Morgan fingerprint density at radius 1 is 1.42 bits per heavy atom. The van der Waals surface area contributed by atoms with Crippen LogP contribution in [0.4, 0.5) is 0 Å². The van der Waals surface area contributed by atoms with E-state index in [1.54, 1.807) is 0 Å². The molecule has 0 spiro atoms. The number of rotatable bonds is 7. The summed E-state index contributed by atoms with van der Waals surface area (Å²) >= 11 is 0. The fraction of sp³-hybridized carbons (Fsp3) is 0.933. The molecule has 0 aromatic rings. The molecule has 19 heavy (non-hydrogen) atoms. The summed E-state index contributed by atoms with van der Waals surface area (Å²) in [4.78, 5) is 14.3. The normalized spacial score (nSPS) is 23.9. The van der Waals surface area contributed by atoms with Gasteiger partial charge in [-0.1, -0.05) is 0 Å². The molecule has 2 unspecified atom stereocenters. The topological polar surface area (TPSA) is 44.4 Å². The molecule has 1 rings (SSSR count). The van der Waals surface area contributed by atoms with E-state index in [0.717, 1.165) is 45.3 Å². The summed E-state index contributed by atoms with van der Waals surface area (Å²) < 4.78 is 0. The Bertz CT molecular complexity index is 268. The van der Waals surface area contributed by atoms with Crippen LogP contribution >= 0.6 is 0 Å². The van der Waals surface area contributed by atoms with Gasteiger partial charge in [0.05, 0.1) is 0 Å². The van der Waals surface area contributed by atoms with Gasteiger partial charge in [-0.25, -0.2) is 0 Å². The lowest BCUT2D eigenvalue weighted by Crippen LogP contribution is -2.42. The Labute approximate surface area is 118 Å². The molecule has 1 aliphatic rings. The van der Waals surface area contributed by atoms with Gasteiger partial charge in [0, 0.05) is 24.5 Å². The minimum atomic E-state index is 0.217. The van der Waals surface area contributed by atoms with Crippen LogP contribution in [0.2, 0.25) is 0 Å². The predicted octanol–water partition coefficient (Wildman–Crippen LogP) is 1.61. The molecule has 112 valence electrons. The van der Waals surface area contributed by atoms with E-state index in [0.29, 0.717) is 12.1 Å². The monoisotopic (exact) mass is 269 g/mol. The van der Waals surface area contributed by atoms with E-state index in [1.807, 2.05) is 0 Å². The van der Waals surface area contributed by atoms with E-state index >= 15 is 0 Å². The zero-order valence-corrected chi connectivity index (χ0v) is 13.0. The fourth-order valence-electron chi connectivity index (χ4n) is 2.47. The van der Waals surface area contributed by atoms with Crippen molar-refractivity contribution >= 4 is 5.91 Å². The molecule has 4 nitrogen and oxygen atoms in total. The molecular formula is C15H31N3O. The van der Waals surface area contributed by atoms with E-state index in [4.69, 9.17) is 0 Å². The summed E-state index contributed by atoms with van der Waals surface area (Å²) in [7, 11) is 2.15. The number of nitrogens with zero attached hydrogens (tertiary/aromatic N) is 1. The van der Waals surface area contributed by atoms with Crippen LogP contribution < -0.4 is 10.6 Å². The highest BCUT2D eigenvalue weighted by atomic mass is 16.1. The molecular weight excluding hydrogens is 238 g/mol. The Hall–Kier alpha value is -0.610. The summed E-state index contributed by atoms with van der Waals surface area (Å²) in [5.74, 6) is 0.472. The van der Waals surface area contributed by atoms with Crippen molar-refractivity contribution in [3.8, 4) is 0 Å². The molecule has 0 aliphatic carbocycles. The summed E-state index contributed by atoms with van der Waals surface area (Å²) in [5.41, 5.74) is 0. The van der Waals surface area contributed by atoms with Crippen LogP contribution in [0.15, 0.2) is 0 Å². The van der Waals surface area contributed by atoms with Gasteiger partial charge in [-0.3, -0.25) is 4.79 Å². The summed E-state index contributed by atoms with van der Waals surface area (Å²) in [5, 5.41) is 6.47. The number of unbranched alkanes of at least 4 members (excludes halogenated alkanes) is 1. The number of hydrogen-bond acceptors (Lipinski definition) is 3. The van der Waals surface area contributed by atoms with Crippen molar-refractivity contribution < 1.29 is 4.79 Å². The van der Waals surface area contributed by atoms with Crippen molar-refractivity contribution in [3.63, 3.8) is 0 Å². The second-order valence-corrected chi connectivity index (χ2v) is 6.15. The molecule has 0 radical (unpaired) electrons.